The summed E-state index contributed by atoms with van der Waals surface area (Å²) in [5, 5.41) is 2.43. The molecule has 0 aliphatic heterocycles. The number of carbonyl (C=O) groups excluding carboxylic acids is 2. The molecule has 0 radical (unpaired) electrons. The van der Waals surface area contributed by atoms with Crippen molar-refractivity contribution in [1.82, 2.24) is 24.8 Å². The van der Waals surface area contributed by atoms with Gasteiger partial charge >= 0.3 is 12.2 Å². The van der Waals surface area contributed by atoms with E-state index in [1.165, 1.54) is 4.57 Å². The minimum atomic E-state index is -3.18. The van der Waals surface area contributed by atoms with Crippen molar-refractivity contribution in [2.24, 2.45) is 0 Å². The molecule has 4 rings (SSSR count). The van der Waals surface area contributed by atoms with Crippen LogP contribution in [0.5, 0.6) is 0 Å². The summed E-state index contributed by atoms with van der Waals surface area (Å²) in [4.78, 5) is 36.3. The Labute approximate surface area is 245 Å². The molecule has 0 spiro atoms. The van der Waals surface area contributed by atoms with Crippen molar-refractivity contribution in [1.29, 1.82) is 0 Å². The fraction of sp³-hybridized carbons (Fsp3) is 0.548. The molecule has 1 aromatic carbocycles. The predicted octanol–water partition coefficient (Wildman–Crippen LogP) is 6.64. The zero-order valence-electron chi connectivity index (χ0n) is 25.2. The van der Waals surface area contributed by atoms with Gasteiger partial charge in [0.05, 0.1) is 35.9 Å². The molecule has 11 heteroatoms. The Balaban J connectivity index is 1.65. The number of amides is 1. The zero-order chi connectivity index (χ0) is 30.7. The van der Waals surface area contributed by atoms with Crippen LogP contribution in [-0.2, 0) is 22.4 Å². The van der Waals surface area contributed by atoms with Crippen LogP contribution in [0.25, 0.3) is 11.0 Å². The van der Waals surface area contributed by atoms with Gasteiger partial charge in [0.15, 0.2) is 0 Å². The Morgan fingerprint density at radius 2 is 1.76 bits per heavy atom. The summed E-state index contributed by atoms with van der Waals surface area (Å²) in [7, 11) is 0. The Kier molecular flexibility index (Phi) is 9.20. The van der Waals surface area contributed by atoms with E-state index >= 15 is 8.78 Å². The minimum Gasteiger partial charge on any atom is -0.444 e. The number of halogens is 2. The number of carbonyl (C=O) groups is 2. The lowest BCUT2D eigenvalue weighted by molar-refractivity contribution is -0.0542. The van der Waals surface area contributed by atoms with Crippen molar-refractivity contribution in [3.63, 3.8) is 0 Å². The standard InChI is InChI=1S/C31H41F2N5O4/c1-29(2,3)41-27(39)35-18-16-31(32,33)20-37(24-15-9-11-21-12-10-17-34-26(21)24)19-25-36-22-13-7-8-14-23(22)38(25)28(40)42-30(4,5)6/h7-8,10,12-14,17,24H,9,11,15-16,18-20H2,1-6H3,(H,35,39). The number of ether oxygens (including phenoxy) is 2. The lowest BCUT2D eigenvalue weighted by atomic mass is 9.90. The van der Waals surface area contributed by atoms with Gasteiger partial charge in [-0.25, -0.2) is 27.9 Å². The number of hydrogen-bond donors (Lipinski definition) is 1. The second-order valence-corrected chi connectivity index (χ2v) is 12.7. The summed E-state index contributed by atoms with van der Waals surface area (Å²) >= 11 is 0. The van der Waals surface area contributed by atoms with Crippen LogP contribution < -0.4 is 5.32 Å². The molecule has 228 valence electrons. The van der Waals surface area contributed by atoms with Crippen molar-refractivity contribution in [2.45, 2.75) is 96.9 Å². The smallest absolute Gasteiger partial charge is 0.420 e. The van der Waals surface area contributed by atoms with Crippen molar-refractivity contribution in [3.05, 3.63) is 59.7 Å². The number of rotatable bonds is 8. The van der Waals surface area contributed by atoms with E-state index in [0.717, 1.165) is 24.1 Å². The number of para-hydroxylation sites is 2. The molecule has 1 atom stereocenters. The zero-order valence-corrected chi connectivity index (χ0v) is 25.2. The third-order valence-electron chi connectivity index (χ3n) is 6.75. The highest BCUT2D eigenvalue weighted by Gasteiger charge is 2.38. The number of nitrogens with one attached hydrogen (secondary N) is 1. The summed E-state index contributed by atoms with van der Waals surface area (Å²) in [5.41, 5.74) is 1.39. The van der Waals surface area contributed by atoms with Gasteiger partial charge in [0.25, 0.3) is 5.92 Å². The number of pyridine rings is 1. The first kappa shape index (κ1) is 31.3. The van der Waals surface area contributed by atoms with Gasteiger partial charge in [-0.3, -0.25) is 9.88 Å². The van der Waals surface area contributed by atoms with Crippen LogP contribution in [0.3, 0.4) is 0 Å². The average Bonchev–Trinajstić information content (AvgIpc) is 3.23. The largest absolute Gasteiger partial charge is 0.444 e. The SMILES string of the molecule is CC(C)(C)OC(=O)NCCC(F)(F)CN(Cc1nc2ccccc2n1C(=O)OC(C)(C)C)C1CCCc2cccnc21. The Hall–Kier alpha value is -3.60. The average molecular weight is 586 g/mol. The van der Waals surface area contributed by atoms with Gasteiger partial charge in [-0.2, -0.15) is 0 Å². The van der Waals surface area contributed by atoms with E-state index in [2.05, 4.69) is 15.3 Å². The lowest BCUT2D eigenvalue weighted by Crippen LogP contribution is -2.43. The van der Waals surface area contributed by atoms with Crippen molar-refractivity contribution < 1.29 is 27.8 Å². The predicted molar refractivity (Wildman–Crippen MR) is 155 cm³/mol. The number of fused-ring (bicyclic) bond motifs is 2. The van der Waals surface area contributed by atoms with Gasteiger partial charge in [0.1, 0.15) is 17.0 Å². The molecule has 0 fully saturated rings. The number of alkyl carbamates (subject to hydrolysis) is 1. The molecule has 0 bridgehead atoms. The number of benzene rings is 1. The molecule has 1 aliphatic rings. The van der Waals surface area contributed by atoms with Crippen molar-refractivity contribution >= 4 is 23.2 Å². The number of aromatic nitrogens is 3. The van der Waals surface area contributed by atoms with E-state index in [1.54, 1.807) is 70.8 Å². The summed E-state index contributed by atoms with van der Waals surface area (Å²) in [6.07, 6.45) is 1.98. The molecule has 1 N–H and O–H groups in total. The first-order valence-corrected chi connectivity index (χ1v) is 14.3. The van der Waals surface area contributed by atoms with E-state index in [1.807, 2.05) is 18.2 Å². The normalized spacial score (nSPS) is 15.9. The molecular formula is C31H41F2N5O4. The summed E-state index contributed by atoms with van der Waals surface area (Å²) in [6.45, 7) is 9.52. The molecule has 0 saturated heterocycles. The van der Waals surface area contributed by atoms with Crippen LogP contribution in [0.2, 0.25) is 0 Å². The molecule has 9 nitrogen and oxygen atoms in total. The fourth-order valence-electron chi connectivity index (χ4n) is 5.13. The molecule has 1 unspecified atom stereocenters. The lowest BCUT2D eigenvalue weighted by Gasteiger charge is -2.36. The van der Waals surface area contributed by atoms with Crippen LogP contribution in [0, 0.1) is 0 Å². The van der Waals surface area contributed by atoms with Gasteiger partial charge in [-0.1, -0.05) is 18.2 Å². The Bertz CT molecular complexity index is 1410. The van der Waals surface area contributed by atoms with Crippen molar-refractivity contribution in [2.75, 3.05) is 13.1 Å². The number of hydrogen-bond acceptors (Lipinski definition) is 7. The van der Waals surface area contributed by atoms with E-state index in [9.17, 15) is 9.59 Å². The highest BCUT2D eigenvalue weighted by atomic mass is 19.3. The first-order valence-electron chi connectivity index (χ1n) is 14.3. The molecule has 1 aliphatic carbocycles. The van der Waals surface area contributed by atoms with E-state index < -0.39 is 48.3 Å². The van der Waals surface area contributed by atoms with E-state index in [0.29, 0.717) is 23.3 Å². The van der Waals surface area contributed by atoms with Gasteiger partial charge in [-0.15, -0.1) is 0 Å². The molecule has 2 aromatic heterocycles. The maximum atomic E-state index is 15.6. The summed E-state index contributed by atoms with van der Waals surface area (Å²) in [6, 6.07) is 10.6. The third-order valence-corrected chi connectivity index (χ3v) is 6.75. The molecule has 0 saturated carbocycles. The van der Waals surface area contributed by atoms with Gasteiger partial charge in [0, 0.05) is 19.2 Å². The maximum absolute atomic E-state index is 15.6. The Morgan fingerprint density at radius 3 is 2.48 bits per heavy atom. The second kappa shape index (κ2) is 12.3. The minimum absolute atomic E-state index is 0.0380. The molecule has 42 heavy (non-hydrogen) atoms. The quantitative estimate of drug-likeness (QED) is 0.316. The fourth-order valence-corrected chi connectivity index (χ4v) is 5.13. The second-order valence-electron chi connectivity index (χ2n) is 12.7. The summed E-state index contributed by atoms with van der Waals surface area (Å²) in [5.74, 6) is -2.87. The van der Waals surface area contributed by atoms with Crippen LogP contribution >= 0.6 is 0 Å². The highest BCUT2D eigenvalue weighted by Crippen LogP contribution is 2.36. The first-order chi connectivity index (χ1) is 19.6. The van der Waals surface area contributed by atoms with Gasteiger partial charge in [0.2, 0.25) is 0 Å². The van der Waals surface area contributed by atoms with E-state index in [4.69, 9.17) is 9.47 Å². The topological polar surface area (TPSA) is 98.6 Å². The number of nitrogens with zero attached hydrogens (tertiary/aromatic N) is 4. The molecule has 3 aromatic rings. The highest BCUT2D eigenvalue weighted by molar-refractivity contribution is 5.87. The van der Waals surface area contributed by atoms with Gasteiger partial charge in [-0.05, 0) is 84.6 Å². The van der Waals surface area contributed by atoms with Crippen molar-refractivity contribution in [3.8, 4) is 0 Å². The van der Waals surface area contributed by atoms with Crippen LogP contribution in [0.15, 0.2) is 42.6 Å². The monoisotopic (exact) mass is 585 g/mol. The third kappa shape index (κ3) is 8.24. The number of imidazole rings is 1. The molecule has 1 amide bonds. The van der Waals surface area contributed by atoms with Gasteiger partial charge < -0.3 is 14.8 Å². The van der Waals surface area contributed by atoms with Crippen LogP contribution in [0.4, 0.5) is 18.4 Å². The summed E-state index contributed by atoms with van der Waals surface area (Å²) < 4.78 is 43.4. The molecule has 2 heterocycles. The number of aryl methyl sites for hydroxylation is 1. The maximum Gasteiger partial charge on any atom is 0.420 e. The van der Waals surface area contributed by atoms with E-state index in [-0.39, 0.29) is 13.1 Å². The number of alkyl halides is 2. The van der Waals surface area contributed by atoms with Crippen LogP contribution in [0.1, 0.15) is 83.9 Å². The Morgan fingerprint density at radius 1 is 1.05 bits per heavy atom. The molecular weight excluding hydrogens is 544 g/mol. The van der Waals surface area contributed by atoms with Crippen LogP contribution in [-0.4, -0.2) is 61.8 Å².